The molecule has 0 bridgehead atoms. The van der Waals surface area contributed by atoms with E-state index in [9.17, 15) is 18.4 Å². The summed E-state index contributed by atoms with van der Waals surface area (Å²) in [5, 5.41) is 1.62. The van der Waals surface area contributed by atoms with Crippen molar-refractivity contribution in [1.82, 2.24) is 0 Å². The van der Waals surface area contributed by atoms with Crippen LogP contribution in [0.15, 0.2) is 28.1 Å². The number of halogens is 3. The Morgan fingerprint density at radius 2 is 1.81 bits per heavy atom. The summed E-state index contributed by atoms with van der Waals surface area (Å²) in [7, 11) is 1.18. The first-order chi connectivity index (χ1) is 12.1. The fourth-order valence-electron chi connectivity index (χ4n) is 2.00. The van der Waals surface area contributed by atoms with E-state index in [2.05, 4.69) is 15.9 Å². The second kappa shape index (κ2) is 7.71. The molecule has 0 saturated carbocycles. The summed E-state index contributed by atoms with van der Waals surface area (Å²) in [4.78, 5) is 26.1. The van der Waals surface area contributed by atoms with E-state index in [0.29, 0.717) is 9.37 Å². The molecular weight excluding hydrogens is 432 g/mol. The van der Waals surface area contributed by atoms with Crippen LogP contribution in [0.2, 0.25) is 0 Å². The number of hydrogen-bond donors (Lipinski definition) is 0. The van der Waals surface area contributed by atoms with Crippen molar-refractivity contribution in [3.8, 4) is 5.75 Å². The van der Waals surface area contributed by atoms with Gasteiger partial charge in [-0.2, -0.15) is 4.39 Å². The molecule has 0 radical (unpaired) electrons. The smallest absolute Gasteiger partial charge is 0.422 e. The van der Waals surface area contributed by atoms with E-state index in [-0.39, 0.29) is 10.6 Å². The van der Waals surface area contributed by atoms with Crippen molar-refractivity contribution in [3.05, 3.63) is 44.6 Å². The van der Waals surface area contributed by atoms with Crippen molar-refractivity contribution in [3.63, 3.8) is 0 Å². The van der Waals surface area contributed by atoms with Crippen molar-refractivity contribution in [2.45, 2.75) is 26.4 Å². The van der Waals surface area contributed by atoms with Gasteiger partial charge in [0.05, 0.1) is 12.8 Å². The van der Waals surface area contributed by atoms with Crippen LogP contribution >= 0.6 is 27.3 Å². The maximum absolute atomic E-state index is 14.5. The fraction of sp³-hybridized carbons (Fsp3) is 0.294. The monoisotopic (exact) mass is 447 g/mol. The number of rotatable bonds is 3. The summed E-state index contributed by atoms with van der Waals surface area (Å²) in [5.41, 5.74) is -1.51. The molecule has 0 saturated heterocycles. The maximum Gasteiger partial charge on any atom is 0.422 e. The Balaban J connectivity index is 2.58. The average molecular weight is 448 g/mol. The van der Waals surface area contributed by atoms with E-state index in [1.807, 2.05) is 0 Å². The van der Waals surface area contributed by atoms with E-state index in [0.717, 1.165) is 23.5 Å². The Kier molecular flexibility index (Phi) is 6.02. The molecule has 0 N–H and O–H groups in total. The second-order valence-corrected chi connectivity index (χ2v) is 7.90. The highest BCUT2D eigenvalue weighted by Gasteiger charge is 2.34. The Morgan fingerprint density at radius 1 is 1.15 bits per heavy atom. The van der Waals surface area contributed by atoms with Gasteiger partial charge in [-0.1, -0.05) is 0 Å². The summed E-state index contributed by atoms with van der Waals surface area (Å²) >= 11 is 4.24. The molecule has 2 aromatic rings. The van der Waals surface area contributed by atoms with Crippen molar-refractivity contribution in [2.24, 2.45) is 0 Å². The van der Waals surface area contributed by atoms with Crippen LogP contribution in [0.3, 0.4) is 0 Å². The standard InChI is InChI=1S/C17H16BrF2NO4S/c1-17(2,3)25-16(23)21(15(22)14-9(18)7-8-26-14)10-5-6-11(24-4)13(20)12(10)19/h5-8H,1-4H3. The number of ether oxygens (including phenoxy) is 2. The van der Waals surface area contributed by atoms with E-state index < -0.39 is 34.9 Å². The fourth-order valence-corrected chi connectivity index (χ4v) is 3.47. The Morgan fingerprint density at radius 3 is 2.31 bits per heavy atom. The third-order valence-electron chi connectivity index (χ3n) is 3.08. The third-order valence-corrected chi connectivity index (χ3v) is 4.90. The molecule has 0 unspecified atom stereocenters. The number of thiophene rings is 1. The highest BCUT2D eigenvalue weighted by atomic mass is 79.9. The summed E-state index contributed by atoms with van der Waals surface area (Å²) in [6.07, 6.45) is -1.12. The summed E-state index contributed by atoms with van der Waals surface area (Å²) in [5.74, 6) is -3.89. The van der Waals surface area contributed by atoms with E-state index in [1.54, 1.807) is 32.2 Å². The molecule has 1 aromatic heterocycles. The summed E-state index contributed by atoms with van der Waals surface area (Å²) in [6, 6.07) is 3.82. The zero-order valence-electron chi connectivity index (χ0n) is 14.4. The molecule has 5 nitrogen and oxygen atoms in total. The van der Waals surface area contributed by atoms with Crippen LogP contribution in [-0.2, 0) is 4.74 Å². The lowest BCUT2D eigenvalue weighted by Gasteiger charge is -2.26. The highest BCUT2D eigenvalue weighted by molar-refractivity contribution is 9.10. The first-order valence-electron chi connectivity index (χ1n) is 7.39. The second-order valence-electron chi connectivity index (χ2n) is 6.13. The largest absolute Gasteiger partial charge is 0.494 e. The minimum atomic E-state index is -1.39. The van der Waals surface area contributed by atoms with Gasteiger partial charge < -0.3 is 9.47 Å². The van der Waals surface area contributed by atoms with Crippen LogP contribution in [0.5, 0.6) is 5.75 Å². The quantitative estimate of drug-likeness (QED) is 0.633. The number of methoxy groups -OCH3 is 1. The number of imide groups is 1. The SMILES string of the molecule is COc1ccc(N(C(=O)OC(C)(C)C)C(=O)c2sccc2Br)c(F)c1F. The van der Waals surface area contributed by atoms with Crippen molar-refractivity contribution >= 4 is 45.0 Å². The molecule has 0 fully saturated rings. The van der Waals surface area contributed by atoms with Crippen LogP contribution in [0.1, 0.15) is 30.4 Å². The molecule has 0 atom stereocenters. The van der Waals surface area contributed by atoms with Gasteiger partial charge in [0, 0.05) is 4.47 Å². The number of benzene rings is 1. The number of carbonyl (C=O) groups is 2. The number of hydrogen-bond acceptors (Lipinski definition) is 5. The molecule has 26 heavy (non-hydrogen) atoms. The zero-order valence-corrected chi connectivity index (χ0v) is 16.8. The number of nitrogens with zero attached hydrogens (tertiary/aromatic N) is 1. The van der Waals surface area contributed by atoms with Gasteiger partial charge in [0.25, 0.3) is 5.91 Å². The third kappa shape index (κ3) is 4.21. The molecule has 140 valence electrons. The summed E-state index contributed by atoms with van der Waals surface area (Å²) < 4.78 is 39.0. The topological polar surface area (TPSA) is 55.8 Å². The van der Waals surface area contributed by atoms with Crippen LogP contribution in [0.4, 0.5) is 19.3 Å². The van der Waals surface area contributed by atoms with Crippen LogP contribution in [0, 0.1) is 11.6 Å². The molecule has 0 aliphatic carbocycles. The Hall–Kier alpha value is -2.00. The predicted molar refractivity (Wildman–Crippen MR) is 98.0 cm³/mol. The first kappa shape index (κ1) is 20.3. The Labute approximate surface area is 161 Å². The first-order valence-corrected chi connectivity index (χ1v) is 9.06. The van der Waals surface area contributed by atoms with Crippen LogP contribution in [-0.4, -0.2) is 24.7 Å². The van der Waals surface area contributed by atoms with Gasteiger partial charge in [-0.05, 0) is 60.3 Å². The minimum absolute atomic E-state index is 0.145. The predicted octanol–water partition coefficient (Wildman–Crippen LogP) is 5.38. The van der Waals surface area contributed by atoms with Gasteiger partial charge >= 0.3 is 6.09 Å². The van der Waals surface area contributed by atoms with Crippen LogP contribution < -0.4 is 9.64 Å². The molecular formula is C17H16BrF2NO4S. The van der Waals surface area contributed by atoms with Gasteiger partial charge in [-0.25, -0.2) is 14.1 Å². The van der Waals surface area contributed by atoms with Crippen molar-refractivity contribution in [1.29, 1.82) is 0 Å². The molecule has 1 aromatic carbocycles. The average Bonchev–Trinajstić information content (AvgIpc) is 2.96. The van der Waals surface area contributed by atoms with Gasteiger partial charge in [-0.3, -0.25) is 4.79 Å². The maximum atomic E-state index is 14.5. The van der Waals surface area contributed by atoms with E-state index in [1.165, 1.54) is 7.11 Å². The minimum Gasteiger partial charge on any atom is -0.494 e. The Bertz CT molecular complexity index is 848. The lowest BCUT2D eigenvalue weighted by Crippen LogP contribution is -2.41. The lowest BCUT2D eigenvalue weighted by molar-refractivity contribution is 0.0563. The van der Waals surface area contributed by atoms with E-state index >= 15 is 0 Å². The molecule has 9 heteroatoms. The number of anilines is 1. The van der Waals surface area contributed by atoms with Gasteiger partial charge in [0.1, 0.15) is 10.5 Å². The molecule has 0 aliphatic heterocycles. The number of carbonyl (C=O) groups excluding carboxylic acids is 2. The molecule has 0 spiro atoms. The molecule has 2 rings (SSSR count). The van der Waals surface area contributed by atoms with Gasteiger partial charge in [0.2, 0.25) is 5.82 Å². The van der Waals surface area contributed by atoms with Gasteiger partial charge in [0.15, 0.2) is 11.6 Å². The number of amides is 2. The van der Waals surface area contributed by atoms with Crippen LogP contribution in [0.25, 0.3) is 0 Å². The van der Waals surface area contributed by atoms with Crippen molar-refractivity contribution in [2.75, 3.05) is 12.0 Å². The summed E-state index contributed by atoms with van der Waals surface area (Å²) in [6.45, 7) is 4.79. The van der Waals surface area contributed by atoms with Gasteiger partial charge in [-0.15, -0.1) is 11.3 Å². The normalized spacial score (nSPS) is 11.2. The molecule has 0 aliphatic rings. The van der Waals surface area contributed by atoms with Crippen molar-refractivity contribution < 1.29 is 27.8 Å². The lowest BCUT2D eigenvalue weighted by atomic mass is 10.2. The molecule has 2 amide bonds. The zero-order chi connectivity index (χ0) is 19.6. The van der Waals surface area contributed by atoms with E-state index in [4.69, 9.17) is 9.47 Å². The molecule has 1 heterocycles. The highest BCUT2D eigenvalue weighted by Crippen LogP contribution is 2.32.